The van der Waals surface area contributed by atoms with E-state index < -0.39 is 0 Å². The van der Waals surface area contributed by atoms with Crippen molar-refractivity contribution in [3.05, 3.63) is 0 Å². The van der Waals surface area contributed by atoms with Crippen molar-refractivity contribution in [3.8, 4) is 0 Å². The van der Waals surface area contributed by atoms with Crippen LogP contribution < -0.4 is 5.32 Å². The maximum Gasteiger partial charge on any atom is 0.244 e. The van der Waals surface area contributed by atoms with Crippen molar-refractivity contribution in [3.63, 3.8) is 0 Å². The Morgan fingerprint density at radius 3 is 2.76 bits per heavy atom. The number of amides is 2. The standard InChI is InChI=1S/C12H21N3O2/c1-8(14(2)3)13-12(17)10-6-4-9-5-7-11(16)15(9)10/h8-10H,4-7H2,1-3H3,(H,13,17). The topological polar surface area (TPSA) is 52.7 Å². The molecule has 17 heavy (non-hydrogen) atoms. The van der Waals surface area contributed by atoms with Crippen molar-refractivity contribution in [2.24, 2.45) is 0 Å². The van der Waals surface area contributed by atoms with Gasteiger partial charge in [-0.05, 0) is 40.3 Å². The molecule has 2 aliphatic rings. The number of carbonyl (C=O) groups excluding carboxylic acids is 2. The summed E-state index contributed by atoms with van der Waals surface area (Å²) >= 11 is 0. The lowest BCUT2D eigenvalue weighted by Gasteiger charge is -2.27. The largest absolute Gasteiger partial charge is 0.339 e. The van der Waals surface area contributed by atoms with Crippen LogP contribution in [-0.2, 0) is 9.59 Å². The molecular weight excluding hydrogens is 218 g/mol. The molecule has 2 amide bonds. The Labute approximate surface area is 102 Å². The van der Waals surface area contributed by atoms with Gasteiger partial charge in [-0.2, -0.15) is 0 Å². The molecule has 0 spiro atoms. The molecule has 2 saturated heterocycles. The zero-order valence-electron chi connectivity index (χ0n) is 10.8. The Morgan fingerprint density at radius 2 is 2.12 bits per heavy atom. The van der Waals surface area contributed by atoms with Gasteiger partial charge in [0.1, 0.15) is 6.04 Å². The minimum absolute atomic E-state index is 0.000690. The Kier molecular flexibility index (Phi) is 3.38. The fourth-order valence-corrected chi connectivity index (χ4v) is 2.65. The Morgan fingerprint density at radius 1 is 1.41 bits per heavy atom. The molecule has 2 rings (SSSR count). The van der Waals surface area contributed by atoms with E-state index in [0.717, 1.165) is 19.3 Å². The van der Waals surface area contributed by atoms with Crippen molar-refractivity contribution < 1.29 is 9.59 Å². The average molecular weight is 239 g/mol. The SMILES string of the molecule is CC(NC(=O)C1CCC2CCC(=O)N21)N(C)C. The van der Waals surface area contributed by atoms with Gasteiger partial charge in [-0.1, -0.05) is 0 Å². The van der Waals surface area contributed by atoms with Crippen LogP contribution in [0, 0.1) is 0 Å². The molecule has 3 unspecified atom stereocenters. The van der Waals surface area contributed by atoms with Crippen molar-refractivity contribution in [2.75, 3.05) is 14.1 Å². The summed E-state index contributed by atoms with van der Waals surface area (Å²) in [5.41, 5.74) is 0. The number of hydrogen-bond acceptors (Lipinski definition) is 3. The van der Waals surface area contributed by atoms with Gasteiger partial charge < -0.3 is 10.2 Å². The van der Waals surface area contributed by atoms with Crippen molar-refractivity contribution in [1.29, 1.82) is 0 Å². The van der Waals surface area contributed by atoms with E-state index in [9.17, 15) is 9.59 Å². The molecule has 0 aliphatic carbocycles. The highest BCUT2D eigenvalue weighted by Gasteiger charge is 2.44. The van der Waals surface area contributed by atoms with Gasteiger partial charge >= 0.3 is 0 Å². The highest BCUT2D eigenvalue weighted by atomic mass is 16.2. The number of nitrogens with zero attached hydrogens (tertiary/aromatic N) is 2. The van der Waals surface area contributed by atoms with Gasteiger partial charge in [0, 0.05) is 12.5 Å². The summed E-state index contributed by atoms with van der Waals surface area (Å²) in [6.45, 7) is 1.94. The van der Waals surface area contributed by atoms with Gasteiger partial charge in [-0.25, -0.2) is 0 Å². The molecule has 0 saturated carbocycles. The van der Waals surface area contributed by atoms with E-state index in [1.807, 2.05) is 25.9 Å². The molecule has 0 aromatic carbocycles. The molecule has 2 fully saturated rings. The monoisotopic (exact) mass is 239 g/mol. The first-order chi connectivity index (χ1) is 8.00. The summed E-state index contributed by atoms with van der Waals surface area (Å²) in [6, 6.07) is 0.0744. The van der Waals surface area contributed by atoms with Crippen LogP contribution in [-0.4, -0.2) is 54.0 Å². The van der Waals surface area contributed by atoms with Crippen LogP contribution in [0.1, 0.15) is 32.6 Å². The first kappa shape index (κ1) is 12.4. The summed E-state index contributed by atoms with van der Waals surface area (Å²) in [5, 5.41) is 2.95. The van der Waals surface area contributed by atoms with E-state index in [1.54, 1.807) is 4.90 Å². The van der Waals surface area contributed by atoms with Gasteiger partial charge in [0.15, 0.2) is 0 Å². The minimum Gasteiger partial charge on any atom is -0.339 e. The molecule has 2 heterocycles. The number of fused-ring (bicyclic) bond motifs is 1. The number of rotatable bonds is 3. The average Bonchev–Trinajstić information content (AvgIpc) is 2.81. The van der Waals surface area contributed by atoms with E-state index >= 15 is 0 Å². The third-order valence-corrected chi connectivity index (χ3v) is 3.91. The van der Waals surface area contributed by atoms with Crippen LogP contribution in [0.5, 0.6) is 0 Å². The van der Waals surface area contributed by atoms with Crippen molar-refractivity contribution >= 4 is 11.8 Å². The van der Waals surface area contributed by atoms with Crippen molar-refractivity contribution in [2.45, 2.75) is 50.9 Å². The van der Waals surface area contributed by atoms with E-state index in [-0.39, 0.29) is 24.0 Å². The van der Waals surface area contributed by atoms with Crippen LogP contribution in [0.3, 0.4) is 0 Å². The fraction of sp³-hybridized carbons (Fsp3) is 0.833. The zero-order valence-corrected chi connectivity index (χ0v) is 10.8. The van der Waals surface area contributed by atoms with Gasteiger partial charge in [0.2, 0.25) is 11.8 Å². The van der Waals surface area contributed by atoms with Gasteiger partial charge in [-0.15, -0.1) is 0 Å². The molecule has 0 aromatic rings. The quantitative estimate of drug-likeness (QED) is 0.714. The van der Waals surface area contributed by atoms with Crippen LogP contribution >= 0.6 is 0 Å². The van der Waals surface area contributed by atoms with Crippen LogP contribution in [0.2, 0.25) is 0 Å². The minimum atomic E-state index is -0.239. The molecular formula is C12H21N3O2. The van der Waals surface area contributed by atoms with Crippen molar-refractivity contribution in [1.82, 2.24) is 15.1 Å². The Bertz CT molecular complexity index is 330. The summed E-state index contributed by atoms with van der Waals surface area (Å²) in [4.78, 5) is 27.6. The van der Waals surface area contributed by atoms with E-state index in [1.165, 1.54) is 0 Å². The molecule has 1 N–H and O–H groups in total. The van der Waals surface area contributed by atoms with Crippen LogP contribution in [0.4, 0.5) is 0 Å². The van der Waals surface area contributed by atoms with Gasteiger partial charge in [0.25, 0.3) is 0 Å². The summed E-state index contributed by atoms with van der Waals surface area (Å²) in [7, 11) is 3.84. The number of nitrogens with one attached hydrogen (secondary N) is 1. The van der Waals surface area contributed by atoms with Gasteiger partial charge in [-0.3, -0.25) is 14.5 Å². The van der Waals surface area contributed by atoms with Gasteiger partial charge in [0.05, 0.1) is 6.17 Å². The Balaban J connectivity index is 1.98. The summed E-state index contributed by atoms with van der Waals surface area (Å²) in [6.07, 6.45) is 3.31. The number of hydrogen-bond donors (Lipinski definition) is 1. The van der Waals surface area contributed by atoms with Crippen LogP contribution in [0.15, 0.2) is 0 Å². The molecule has 0 aromatic heterocycles. The molecule has 2 aliphatic heterocycles. The van der Waals surface area contributed by atoms with Crippen LogP contribution in [0.25, 0.3) is 0 Å². The third-order valence-electron chi connectivity index (χ3n) is 3.91. The second-order valence-electron chi connectivity index (χ2n) is 5.23. The lowest BCUT2D eigenvalue weighted by atomic mass is 10.1. The second-order valence-corrected chi connectivity index (χ2v) is 5.23. The third kappa shape index (κ3) is 2.29. The van der Waals surface area contributed by atoms with E-state index in [0.29, 0.717) is 12.5 Å². The maximum absolute atomic E-state index is 12.1. The first-order valence-corrected chi connectivity index (χ1v) is 6.28. The molecule has 3 atom stereocenters. The summed E-state index contributed by atoms with van der Waals surface area (Å²) < 4.78 is 0. The molecule has 0 radical (unpaired) electrons. The van der Waals surface area contributed by atoms with E-state index in [4.69, 9.17) is 0 Å². The fourth-order valence-electron chi connectivity index (χ4n) is 2.65. The normalized spacial score (nSPS) is 29.6. The second kappa shape index (κ2) is 4.64. The maximum atomic E-state index is 12.1. The predicted octanol–water partition coefficient (Wildman–Crippen LogP) is 0.164. The highest BCUT2D eigenvalue weighted by Crippen LogP contribution is 2.33. The molecule has 5 nitrogen and oxygen atoms in total. The lowest BCUT2D eigenvalue weighted by Crippen LogP contribution is -2.51. The Hall–Kier alpha value is -1.10. The molecule has 5 heteroatoms. The molecule has 0 bridgehead atoms. The molecule has 96 valence electrons. The zero-order chi connectivity index (χ0) is 12.6. The summed E-state index contributed by atoms with van der Waals surface area (Å²) in [5.74, 6) is 0.133. The first-order valence-electron chi connectivity index (χ1n) is 6.28. The lowest BCUT2D eigenvalue weighted by molar-refractivity contribution is -0.137. The predicted molar refractivity (Wildman–Crippen MR) is 64.2 cm³/mol. The smallest absolute Gasteiger partial charge is 0.244 e. The van der Waals surface area contributed by atoms with E-state index in [2.05, 4.69) is 5.32 Å². The number of carbonyl (C=O) groups is 2. The highest BCUT2D eigenvalue weighted by molar-refractivity contribution is 5.89.